The zero-order valence-electron chi connectivity index (χ0n) is 24.5. The molecule has 0 radical (unpaired) electrons. The molecule has 7 aromatic carbocycles. The van der Waals surface area contributed by atoms with Gasteiger partial charge in [0.1, 0.15) is 0 Å². The lowest BCUT2D eigenvalue weighted by Crippen LogP contribution is -2.13. The highest BCUT2D eigenvalue weighted by Gasteiger charge is 2.19. The lowest BCUT2D eigenvalue weighted by atomic mass is 10.0. The number of benzene rings is 6. The maximum atomic E-state index is 6.93. The summed E-state index contributed by atoms with van der Waals surface area (Å²) in [5.74, 6) is 0. The quantitative estimate of drug-likeness (QED) is 0.172. The van der Waals surface area contributed by atoms with Crippen LogP contribution in [0.5, 0.6) is 0 Å². The Morgan fingerprint density at radius 2 is 0.822 bits per heavy atom. The van der Waals surface area contributed by atoms with Gasteiger partial charge >= 0.3 is 0 Å². The molecule has 0 aliphatic carbocycles. The van der Waals surface area contributed by atoms with Crippen molar-refractivity contribution in [2.45, 2.75) is 0 Å². The van der Waals surface area contributed by atoms with E-state index in [-0.39, 0.29) is 0 Å². The van der Waals surface area contributed by atoms with Crippen LogP contribution < -0.4 is 9.80 Å². The SMILES string of the molecule is Clc1cc(N(c2c#cccc2)c2ccc(-c3ccccc3)cc2)cc(N(c2ccccc2)c2ccc(-c3ccccc3)cc2)c1. The number of para-hydroxylation sites is 1. The fourth-order valence-electron chi connectivity index (χ4n) is 5.61. The maximum absolute atomic E-state index is 6.93. The first-order valence-corrected chi connectivity index (χ1v) is 15.3. The van der Waals surface area contributed by atoms with E-state index in [2.05, 4.69) is 149 Å². The van der Waals surface area contributed by atoms with Crippen LogP contribution in [0.1, 0.15) is 0 Å². The van der Waals surface area contributed by atoms with Crippen LogP contribution in [-0.4, -0.2) is 0 Å². The molecule has 214 valence electrons. The summed E-state index contributed by atoms with van der Waals surface area (Å²) in [4.78, 5) is 4.41. The second kappa shape index (κ2) is 12.9. The first-order valence-electron chi connectivity index (χ1n) is 14.9. The summed E-state index contributed by atoms with van der Waals surface area (Å²) >= 11 is 6.93. The number of hydrogen-bond acceptors (Lipinski definition) is 2. The Morgan fingerprint density at radius 1 is 0.378 bits per heavy atom. The summed E-state index contributed by atoms with van der Waals surface area (Å²) in [6, 6.07) is 67.0. The van der Waals surface area contributed by atoms with Gasteiger partial charge in [-0.05, 0) is 95.1 Å². The van der Waals surface area contributed by atoms with Crippen molar-refractivity contribution in [1.82, 2.24) is 0 Å². The minimum atomic E-state index is 0.634. The molecule has 0 saturated carbocycles. The average Bonchev–Trinajstić information content (AvgIpc) is 3.11. The van der Waals surface area contributed by atoms with Crippen molar-refractivity contribution in [3.8, 4) is 22.3 Å². The fourth-order valence-corrected chi connectivity index (χ4v) is 5.83. The van der Waals surface area contributed by atoms with Gasteiger partial charge in [-0.1, -0.05) is 127 Å². The number of hydrogen-bond donors (Lipinski definition) is 0. The van der Waals surface area contributed by atoms with Gasteiger partial charge in [0.25, 0.3) is 0 Å². The van der Waals surface area contributed by atoms with Gasteiger partial charge in [0.05, 0.1) is 11.4 Å². The average molecular weight is 597 g/mol. The van der Waals surface area contributed by atoms with Crippen molar-refractivity contribution in [2.24, 2.45) is 0 Å². The molecule has 2 nitrogen and oxygen atoms in total. The lowest BCUT2D eigenvalue weighted by Gasteiger charge is -2.29. The third-order valence-corrected chi connectivity index (χ3v) is 7.96. The van der Waals surface area contributed by atoms with Gasteiger partial charge in [-0.2, -0.15) is 0 Å². The predicted molar refractivity (Wildman–Crippen MR) is 189 cm³/mol. The number of anilines is 6. The van der Waals surface area contributed by atoms with Gasteiger partial charge in [-0.3, -0.25) is 0 Å². The standard InChI is InChI=1S/C42H29ClN2/c43-36-29-41(44(37-17-9-3-10-18-37)39-25-21-34(22-26-39)32-13-5-1-6-14-32)31-42(30-36)45(38-19-11-4-12-20-38)40-27-23-35(24-28-40)33-15-7-2-8-16-33/h1-11,13-19,21-31H. The smallest absolute Gasteiger partial charge is 0.0973 e. The number of nitrogens with zero attached hydrogens (tertiary/aromatic N) is 2. The van der Waals surface area contributed by atoms with E-state index < -0.39 is 0 Å². The van der Waals surface area contributed by atoms with E-state index in [1.54, 1.807) is 0 Å². The van der Waals surface area contributed by atoms with Crippen molar-refractivity contribution in [3.63, 3.8) is 0 Å². The van der Waals surface area contributed by atoms with Gasteiger partial charge < -0.3 is 9.80 Å². The molecule has 0 aliphatic rings. The van der Waals surface area contributed by atoms with Gasteiger partial charge in [-0.25, -0.2) is 0 Å². The summed E-state index contributed by atoms with van der Waals surface area (Å²) in [6.45, 7) is 0. The molecule has 0 fully saturated rings. The van der Waals surface area contributed by atoms with Crippen LogP contribution in [0.2, 0.25) is 5.02 Å². The molecular formula is C42H29ClN2. The molecule has 7 rings (SSSR count). The van der Waals surface area contributed by atoms with Crippen LogP contribution in [0.3, 0.4) is 0 Å². The number of rotatable bonds is 8. The highest BCUT2D eigenvalue weighted by atomic mass is 35.5. The summed E-state index contributed by atoms with van der Waals surface area (Å²) in [5, 5.41) is 0.634. The van der Waals surface area contributed by atoms with E-state index in [0.717, 1.165) is 39.7 Å². The van der Waals surface area contributed by atoms with E-state index in [1.165, 1.54) is 16.7 Å². The highest BCUT2D eigenvalue weighted by Crippen LogP contribution is 2.42. The van der Waals surface area contributed by atoms with Crippen molar-refractivity contribution in [1.29, 1.82) is 0 Å². The van der Waals surface area contributed by atoms with Crippen molar-refractivity contribution >= 4 is 45.7 Å². The molecule has 0 N–H and O–H groups in total. The Labute approximate surface area is 270 Å². The van der Waals surface area contributed by atoms with Gasteiger partial charge in [-0.15, -0.1) is 0 Å². The molecule has 0 aliphatic heterocycles. The van der Waals surface area contributed by atoms with Crippen LogP contribution >= 0.6 is 11.6 Å². The van der Waals surface area contributed by atoms with E-state index in [9.17, 15) is 0 Å². The predicted octanol–water partition coefficient (Wildman–Crippen LogP) is 12.2. The van der Waals surface area contributed by atoms with Crippen LogP contribution in [0.15, 0.2) is 176 Å². The normalized spacial score (nSPS) is 10.6. The molecule has 0 spiro atoms. The Hall–Kier alpha value is -5.75. The van der Waals surface area contributed by atoms with Crippen LogP contribution in [0.25, 0.3) is 22.3 Å². The molecular weight excluding hydrogens is 568 g/mol. The molecule has 3 heteroatoms. The van der Waals surface area contributed by atoms with E-state index in [0.29, 0.717) is 5.02 Å². The van der Waals surface area contributed by atoms with Crippen LogP contribution in [-0.2, 0) is 0 Å². The maximum Gasteiger partial charge on any atom is 0.0973 e. The minimum Gasteiger partial charge on any atom is -0.310 e. The third-order valence-electron chi connectivity index (χ3n) is 7.74. The second-order valence-corrected chi connectivity index (χ2v) is 11.1. The summed E-state index contributed by atoms with van der Waals surface area (Å²) in [7, 11) is 0. The highest BCUT2D eigenvalue weighted by molar-refractivity contribution is 6.31. The molecule has 0 unspecified atom stereocenters. The molecule has 0 atom stereocenters. The van der Waals surface area contributed by atoms with Crippen molar-refractivity contribution in [2.75, 3.05) is 9.80 Å². The molecule has 0 amide bonds. The largest absolute Gasteiger partial charge is 0.310 e. The summed E-state index contributed by atoms with van der Waals surface area (Å²) in [6.07, 6.45) is 0. The fraction of sp³-hybridized carbons (Fsp3) is 0. The summed E-state index contributed by atoms with van der Waals surface area (Å²) < 4.78 is 0. The molecule has 0 heterocycles. The topological polar surface area (TPSA) is 6.48 Å². The Balaban J connectivity index is 1.33. The molecule has 0 bridgehead atoms. The first-order chi connectivity index (χ1) is 22.2. The lowest BCUT2D eigenvalue weighted by molar-refractivity contribution is 1.25. The van der Waals surface area contributed by atoms with Gasteiger partial charge in [0, 0.05) is 27.8 Å². The van der Waals surface area contributed by atoms with Crippen molar-refractivity contribution < 1.29 is 0 Å². The first kappa shape index (κ1) is 28.0. The van der Waals surface area contributed by atoms with Crippen LogP contribution in [0, 0.1) is 12.1 Å². The number of halogens is 1. The molecule has 45 heavy (non-hydrogen) atoms. The van der Waals surface area contributed by atoms with Gasteiger partial charge in [0.2, 0.25) is 0 Å². The zero-order valence-corrected chi connectivity index (χ0v) is 25.3. The van der Waals surface area contributed by atoms with Gasteiger partial charge in [0.15, 0.2) is 0 Å². The minimum absolute atomic E-state index is 0.634. The molecule has 7 aromatic rings. The van der Waals surface area contributed by atoms with E-state index in [4.69, 9.17) is 11.6 Å². The molecule has 0 saturated heterocycles. The van der Waals surface area contributed by atoms with Crippen molar-refractivity contribution in [3.05, 3.63) is 193 Å². The summed E-state index contributed by atoms with van der Waals surface area (Å²) in [5.41, 5.74) is 10.5. The third kappa shape index (κ3) is 6.17. The zero-order chi connectivity index (χ0) is 30.4. The van der Waals surface area contributed by atoms with E-state index >= 15 is 0 Å². The monoisotopic (exact) mass is 596 g/mol. The van der Waals surface area contributed by atoms with Crippen LogP contribution in [0.4, 0.5) is 34.1 Å². The van der Waals surface area contributed by atoms with E-state index in [1.807, 2.05) is 48.5 Å². The Morgan fingerprint density at radius 3 is 1.33 bits per heavy atom. The Bertz CT molecular complexity index is 1830. The Kier molecular flexibility index (Phi) is 8.01. The second-order valence-electron chi connectivity index (χ2n) is 10.7. The molecule has 0 aromatic heterocycles.